The molecule has 0 aliphatic heterocycles. The van der Waals surface area contributed by atoms with Crippen LogP contribution in [0.15, 0.2) is 73.1 Å². The van der Waals surface area contributed by atoms with Crippen LogP contribution in [0.1, 0.15) is 16.7 Å². The van der Waals surface area contributed by atoms with Crippen LogP contribution in [0, 0.1) is 5.82 Å². The molecule has 1 unspecified atom stereocenters. The Morgan fingerprint density at radius 1 is 1.03 bits per heavy atom. The summed E-state index contributed by atoms with van der Waals surface area (Å²) in [6.45, 7) is 0.135. The van der Waals surface area contributed by atoms with Gasteiger partial charge in [0.05, 0.1) is 22.9 Å². The number of aromatic nitrogens is 3. The second-order valence-corrected chi connectivity index (χ2v) is 7.76. The Labute approximate surface area is 185 Å². The van der Waals surface area contributed by atoms with Crippen molar-refractivity contribution in [1.29, 1.82) is 0 Å². The molecule has 4 N–H and O–H groups in total. The van der Waals surface area contributed by atoms with Gasteiger partial charge in [-0.05, 0) is 47.5 Å². The first kappa shape index (κ1) is 21.2. The molecule has 0 fully saturated rings. The fraction of sp³-hybridized carbons (Fsp3) is 0.125. The van der Waals surface area contributed by atoms with Crippen molar-refractivity contribution >= 4 is 21.8 Å². The molecule has 33 heavy (non-hydrogen) atoms. The van der Waals surface area contributed by atoms with Gasteiger partial charge in [-0.15, -0.1) is 0 Å². The number of hydrogen-bond donors (Lipinski definition) is 3. The van der Waals surface area contributed by atoms with Crippen molar-refractivity contribution in [1.82, 2.24) is 14.8 Å². The third-order valence-corrected chi connectivity index (χ3v) is 5.88. The summed E-state index contributed by atoms with van der Waals surface area (Å²) in [6, 6.07) is 14.4. The number of hydrogen-bond acceptors (Lipinski definition) is 3. The lowest BCUT2D eigenvalue weighted by Crippen LogP contribution is -2.43. The molecule has 2 heterocycles. The first-order chi connectivity index (χ1) is 15.7. The highest BCUT2D eigenvalue weighted by molar-refractivity contribution is 5.88. The van der Waals surface area contributed by atoms with Crippen LogP contribution in [0.2, 0.25) is 0 Å². The van der Waals surface area contributed by atoms with E-state index in [-0.39, 0.29) is 23.1 Å². The second-order valence-electron chi connectivity index (χ2n) is 7.76. The molecule has 9 heteroatoms. The minimum Gasteiger partial charge on any atom is -0.372 e. The van der Waals surface area contributed by atoms with E-state index in [9.17, 15) is 22.7 Å². The number of H-pyrrole nitrogens is 1. The van der Waals surface area contributed by atoms with E-state index in [1.54, 1.807) is 12.1 Å². The summed E-state index contributed by atoms with van der Waals surface area (Å²) in [5.74, 6) is -0.413. The van der Waals surface area contributed by atoms with Gasteiger partial charge in [-0.2, -0.15) is 18.3 Å². The molecule has 0 spiro atoms. The highest BCUT2D eigenvalue weighted by Gasteiger charge is 2.57. The van der Waals surface area contributed by atoms with Crippen molar-refractivity contribution in [3.8, 4) is 5.69 Å². The number of halogens is 4. The molecule has 1 atom stereocenters. The van der Waals surface area contributed by atoms with Gasteiger partial charge >= 0.3 is 6.18 Å². The maximum atomic E-state index is 14.4. The normalized spacial score (nSPS) is 14.1. The number of aliphatic hydroxyl groups is 1. The van der Waals surface area contributed by atoms with Crippen molar-refractivity contribution in [3.63, 3.8) is 0 Å². The van der Waals surface area contributed by atoms with Gasteiger partial charge in [-0.25, -0.2) is 9.07 Å². The number of nitrogens with one attached hydrogen (secondary N) is 1. The fourth-order valence-corrected chi connectivity index (χ4v) is 4.20. The van der Waals surface area contributed by atoms with E-state index in [0.717, 1.165) is 0 Å². The number of para-hydroxylation sites is 1. The highest BCUT2D eigenvalue weighted by atomic mass is 19.4. The zero-order valence-corrected chi connectivity index (χ0v) is 17.1. The van der Waals surface area contributed by atoms with Gasteiger partial charge in [0.2, 0.25) is 5.60 Å². The third-order valence-electron chi connectivity index (χ3n) is 5.88. The molecule has 168 valence electrons. The minimum atomic E-state index is -5.01. The summed E-state index contributed by atoms with van der Waals surface area (Å²) < 4.78 is 58.0. The Morgan fingerprint density at radius 2 is 1.79 bits per heavy atom. The van der Waals surface area contributed by atoms with Crippen LogP contribution in [0.5, 0.6) is 0 Å². The number of aromatic amines is 1. The number of rotatable bonds is 4. The maximum absolute atomic E-state index is 14.4. The minimum absolute atomic E-state index is 0.135. The van der Waals surface area contributed by atoms with Crippen LogP contribution in [0.4, 0.5) is 17.6 Å². The maximum Gasteiger partial charge on any atom is 0.425 e. The molecule has 5 rings (SSSR count). The second kappa shape index (κ2) is 7.43. The number of alkyl halides is 3. The predicted molar refractivity (Wildman–Crippen MR) is 116 cm³/mol. The Hall–Kier alpha value is -3.69. The molecule has 0 aliphatic rings. The average Bonchev–Trinajstić information content (AvgIpc) is 3.42. The fourth-order valence-electron chi connectivity index (χ4n) is 4.20. The lowest BCUT2D eigenvalue weighted by molar-refractivity contribution is -0.247. The van der Waals surface area contributed by atoms with E-state index < -0.39 is 17.6 Å². The average molecular weight is 454 g/mol. The highest BCUT2D eigenvalue weighted by Crippen LogP contribution is 2.47. The van der Waals surface area contributed by atoms with Gasteiger partial charge in [0.15, 0.2) is 0 Å². The summed E-state index contributed by atoms with van der Waals surface area (Å²) in [7, 11) is 0. The summed E-state index contributed by atoms with van der Waals surface area (Å²) in [6.07, 6.45) is -2.44. The predicted octanol–water partition coefficient (Wildman–Crippen LogP) is 4.90. The Balaban J connectivity index is 1.69. The van der Waals surface area contributed by atoms with Crippen molar-refractivity contribution in [3.05, 3.63) is 95.6 Å². The zero-order chi connectivity index (χ0) is 23.4. The molecule has 0 radical (unpaired) electrons. The van der Waals surface area contributed by atoms with E-state index in [0.29, 0.717) is 27.7 Å². The number of fused-ring (bicyclic) bond motifs is 2. The summed E-state index contributed by atoms with van der Waals surface area (Å²) in [5, 5.41) is 16.1. The van der Waals surface area contributed by atoms with Gasteiger partial charge in [0, 0.05) is 29.1 Å². The molecule has 0 aliphatic carbocycles. The van der Waals surface area contributed by atoms with Gasteiger partial charge in [-0.3, -0.25) is 0 Å². The molecule has 0 saturated carbocycles. The summed E-state index contributed by atoms with van der Waals surface area (Å²) in [4.78, 5) is 2.84. The molecule has 5 nitrogen and oxygen atoms in total. The Bertz CT molecular complexity index is 1470. The van der Waals surface area contributed by atoms with Gasteiger partial charge in [-0.1, -0.05) is 24.3 Å². The van der Waals surface area contributed by atoms with E-state index in [1.807, 2.05) is 0 Å². The number of benzene rings is 3. The molecular formula is C24H18F4N4O. The quantitative estimate of drug-likeness (QED) is 0.338. The first-order valence-corrected chi connectivity index (χ1v) is 10.1. The standard InChI is InChI=1S/C24H18F4N4O/c25-17-5-7-18(8-6-17)32-21-9-4-16(10-15(21)12-31-32)23(33,24(26,27)28)20-13-30-22-14(11-29)2-1-3-19(20)22/h1-10,12-13,30,33H,11,29H2. The SMILES string of the molecule is NCc1cccc2c(C(O)(c3ccc4c(cnn4-c4ccc(F)cc4)c3)C(F)(F)F)c[nH]c12. The van der Waals surface area contributed by atoms with Crippen LogP contribution in [-0.2, 0) is 12.1 Å². The lowest BCUT2D eigenvalue weighted by Gasteiger charge is -2.31. The number of nitrogens with zero attached hydrogens (tertiary/aromatic N) is 2. The van der Waals surface area contributed by atoms with Crippen molar-refractivity contribution in [2.45, 2.75) is 18.3 Å². The molecule has 0 amide bonds. The van der Waals surface area contributed by atoms with Crippen LogP contribution < -0.4 is 5.73 Å². The van der Waals surface area contributed by atoms with Crippen LogP contribution in [0.3, 0.4) is 0 Å². The molecule has 3 aromatic carbocycles. The van der Waals surface area contributed by atoms with Crippen LogP contribution in [-0.4, -0.2) is 26.0 Å². The molecule has 5 aromatic rings. The van der Waals surface area contributed by atoms with Crippen molar-refractivity contribution in [2.24, 2.45) is 5.73 Å². The van der Waals surface area contributed by atoms with Crippen molar-refractivity contribution < 1.29 is 22.7 Å². The molecule has 0 bridgehead atoms. The van der Waals surface area contributed by atoms with E-state index in [4.69, 9.17) is 5.73 Å². The van der Waals surface area contributed by atoms with Gasteiger partial charge < -0.3 is 15.8 Å². The first-order valence-electron chi connectivity index (χ1n) is 10.1. The molecule has 2 aromatic heterocycles. The summed E-state index contributed by atoms with van der Waals surface area (Å²) >= 11 is 0. The molecular weight excluding hydrogens is 436 g/mol. The van der Waals surface area contributed by atoms with Crippen LogP contribution in [0.25, 0.3) is 27.5 Å². The lowest BCUT2D eigenvalue weighted by atomic mass is 9.84. The zero-order valence-electron chi connectivity index (χ0n) is 17.1. The summed E-state index contributed by atoms with van der Waals surface area (Å²) in [5.41, 5.74) is 3.93. The monoisotopic (exact) mass is 454 g/mol. The topological polar surface area (TPSA) is 79.9 Å². The van der Waals surface area contributed by atoms with E-state index in [2.05, 4.69) is 10.1 Å². The Kier molecular flexibility index (Phi) is 4.77. The largest absolute Gasteiger partial charge is 0.425 e. The van der Waals surface area contributed by atoms with Gasteiger partial charge in [0.1, 0.15) is 5.82 Å². The van der Waals surface area contributed by atoms with Crippen LogP contribution >= 0.6 is 0 Å². The van der Waals surface area contributed by atoms with Gasteiger partial charge in [0.25, 0.3) is 0 Å². The smallest absolute Gasteiger partial charge is 0.372 e. The van der Waals surface area contributed by atoms with Crippen molar-refractivity contribution in [2.75, 3.05) is 0 Å². The third kappa shape index (κ3) is 3.20. The Morgan fingerprint density at radius 3 is 2.48 bits per heavy atom. The van der Waals surface area contributed by atoms with E-state index >= 15 is 0 Å². The van der Waals surface area contributed by atoms with E-state index in [1.165, 1.54) is 65.6 Å². The number of nitrogens with two attached hydrogens (primary N) is 1. The molecule has 0 saturated heterocycles.